The Morgan fingerprint density at radius 1 is 1.00 bits per heavy atom. The quantitative estimate of drug-likeness (QED) is 0.406. The molecule has 1 aromatic carbocycles. The summed E-state index contributed by atoms with van der Waals surface area (Å²) in [5, 5.41) is 1.58. The van der Waals surface area contributed by atoms with E-state index in [1.807, 2.05) is 6.08 Å². The van der Waals surface area contributed by atoms with Gasteiger partial charge >= 0.3 is 0 Å². The van der Waals surface area contributed by atoms with Crippen LogP contribution in [-0.4, -0.2) is 8.07 Å². The molecule has 106 valence electrons. The van der Waals surface area contributed by atoms with E-state index >= 15 is 0 Å². The third-order valence-electron chi connectivity index (χ3n) is 4.07. The lowest BCUT2D eigenvalue weighted by Crippen LogP contribution is -2.42. The maximum absolute atomic E-state index is 3.96. The molecule has 0 spiro atoms. The maximum atomic E-state index is 3.96. The predicted molar refractivity (Wildman–Crippen MR) is 91.8 cm³/mol. The molecule has 0 N–H and O–H groups in total. The van der Waals surface area contributed by atoms with Crippen LogP contribution in [0.5, 0.6) is 0 Å². The van der Waals surface area contributed by atoms with Gasteiger partial charge in [-0.05, 0) is 5.56 Å². The Balaban J connectivity index is 2.48. The van der Waals surface area contributed by atoms with Gasteiger partial charge in [-0.1, -0.05) is 107 Å². The van der Waals surface area contributed by atoms with Crippen molar-refractivity contribution in [3.8, 4) is 0 Å². The zero-order chi connectivity index (χ0) is 14.1. The Hall–Kier alpha value is -0.823. The maximum Gasteiger partial charge on any atom is 0.0814 e. The molecule has 0 amide bonds. The van der Waals surface area contributed by atoms with Crippen LogP contribution in [0.3, 0.4) is 0 Å². The molecule has 0 aliphatic rings. The highest BCUT2D eigenvalue weighted by atomic mass is 28.3. The summed E-state index contributed by atoms with van der Waals surface area (Å²) in [6.45, 7) is 11.2. The van der Waals surface area contributed by atoms with E-state index in [2.05, 4.69) is 50.9 Å². The molecular formula is C18H30Si. The first-order chi connectivity index (χ1) is 9.11. The molecule has 1 rings (SSSR count). The fourth-order valence-electron chi connectivity index (χ4n) is 2.77. The van der Waals surface area contributed by atoms with Crippen molar-refractivity contribution in [2.45, 2.75) is 64.6 Å². The second kappa shape index (κ2) is 8.37. The fourth-order valence-corrected chi connectivity index (χ4v) is 5.69. The summed E-state index contributed by atoms with van der Waals surface area (Å²) in [5.41, 5.74) is 1.35. The minimum Gasteiger partial charge on any atom is -0.0985 e. The van der Waals surface area contributed by atoms with Gasteiger partial charge in [-0.2, -0.15) is 0 Å². The van der Waals surface area contributed by atoms with Crippen LogP contribution in [0, 0.1) is 0 Å². The molecule has 0 atom stereocenters. The number of benzene rings is 1. The predicted octanol–water partition coefficient (Wildman–Crippen LogP) is 5.61. The number of rotatable bonds is 9. The standard InChI is InChI=1S/C18H30Si/c1-5-7-8-9-10-13-16-19(3,4)18-15-12-11-14-17(18)6-2/h6,11-12,14-15H,2,5,7-10,13,16H2,1,3-4H3. The van der Waals surface area contributed by atoms with Gasteiger partial charge in [-0.25, -0.2) is 0 Å². The zero-order valence-electron chi connectivity index (χ0n) is 13.0. The van der Waals surface area contributed by atoms with Crippen molar-refractivity contribution in [1.82, 2.24) is 0 Å². The number of hydrogen-bond acceptors (Lipinski definition) is 0. The smallest absolute Gasteiger partial charge is 0.0814 e. The number of hydrogen-bond donors (Lipinski definition) is 0. The Labute approximate surface area is 121 Å². The van der Waals surface area contributed by atoms with Gasteiger partial charge in [0, 0.05) is 0 Å². The van der Waals surface area contributed by atoms with Crippen LogP contribution in [0.25, 0.3) is 6.08 Å². The fraction of sp³-hybridized carbons (Fsp3) is 0.556. The van der Waals surface area contributed by atoms with Crippen LogP contribution in [0.2, 0.25) is 19.1 Å². The minimum absolute atomic E-state index is 1.28. The summed E-state index contributed by atoms with van der Waals surface area (Å²) in [4.78, 5) is 0. The summed E-state index contributed by atoms with van der Waals surface area (Å²) >= 11 is 0. The highest BCUT2D eigenvalue weighted by Crippen LogP contribution is 2.18. The molecule has 0 aromatic heterocycles. The first-order valence-corrected chi connectivity index (χ1v) is 11.0. The average molecular weight is 275 g/mol. The van der Waals surface area contributed by atoms with Gasteiger partial charge < -0.3 is 0 Å². The third kappa shape index (κ3) is 5.36. The van der Waals surface area contributed by atoms with E-state index in [-0.39, 0.29) is 0 Å². The van der Waals surface area contributed by atoms with Crippen LogP contribution in [0.15, 0.2) is 30.8 Å². The average Bonchev–Trinajstić information content (AvgIpc) is 2.42. The van der Waals surface area contributed by atoms with E-state index in [9.17, 15) is 0 Å². The second-order valence-electron chi connectivity index (χ2n) is 6.19. The van der Waals surface area contributed by atoms with Crippen LogP contribution < -0.4 is 5.19 Å². The van der Waals surface area contributed by atoms with Gasteiger partial charge in [-0.15, -0.1) is 0 Å². The van der Waals surface area contributed by atoms with Crippen LogP contribution in [0.4, 0.5) is 0 Å². The van der Waals surface area contributed by atoms with Gasteiger partial charge in [0.25, 0.3) is 0 Å². The van der Waals surface area contributed by atoms with E-state index in [0.717, 1.165) is 0 Å². The topological polar surface area (TPSA) is 0 Å². The van der Waals surface area contributed by atoms with Crippen molar-refractivity contribution in [3.05, 3.63) is 36.4 Å². The van der Waals surface area contributed by atoms with Gasteiger partial charge in [0.1, 0.15) is 0 Å². The molecule has 0 heterocycles. The third-order valence-corrected chi connectivity index (χ3v) is 7.58. The van der Waals surface area contributed by atoms with E-state index in [1.54, 1.807) is 5.19 Å². The monoisotopic (exact) mass is 274 g/mol. The van der Waals surface area contributed by atoms with Crippen LogP contribution in [0.1, 0.15) is 51.0 Å². The van der Waals surface area contributed by atoms with Crippen molar-refractivity contribution in [2.24, 2.45) is 0 Å². The molecule has 0 saturated heterocycles. The lowest BCUT2D eigenvalue weighted by atomic mass is 10.1. The minimum atomic E-state index is -1.28. The lowest BCUT2D eigenvalue weighted by Gasteiger charge is -2.25. The van der Waals surface area contributed by atoms with Gasteiger partial charge in [0.2, 0.25) is 0 Å². The van der Waals surface area contributed by atoms with Crippen molar-refractivity contribution in [1.29, 1.82) is 0 Å². The molecule has 0 nitrogen and oxygen atoms in total. The van der Waals surface area contributed by atoms with E-state index in [4.69, 9.17) is 0 Å². The van der Waals surface area contributed by atoms with E-state index < -0.39 is 8.07 Å². The molecule has 0 aliphatic carbocycles. The molecule has 0 radical (unpaired) electrons. The zero-order valence-corrected chi connectivity index (χ0v) is 14.0. The molecule has 0 unspecified atom stereocenters. The summed E-state index contributed by atoms with van der Waals surface area (Å²) in [5.74, 6) is 0. The summed E-state index contributed by atoms with van der Waals surface area (Å²) in [6, 6.07) is 10.2. The van der Waals surface area contributed by atoms with Crippen molar-refractivity contribution in [2.75, 3.05) is 0 Å². The Kier molecular flexibility index (Phi) is 7.15. The molecule has 0 aliphatic heterocycles. The molecule has 0 bridgehead atoms. The largest absolute Gasteiger partial charge is 0.0985 e. The normalized spacial score (nSPS) is 11.5. The van der Waals surface area contributed by atoms with E-state index in [1.165, 1.54) is 50.1 Å². The second-order valence-corrected chi connectivity index (χ2v) is 11.0. The summed E-state index contributed by atoms with van der Waals surface area (Å²) in [7, 11) is -1.28. The van der Waals surface area contributed by atoms with Crippen LogP contribution >= 0.6 is 0 Å². The Bertz CT molecular complexity index is 379. The van der Waals surface area contributed by atoms with Crippen molar-refractivity contribution >= 4 is 19.3 Å². The van der Waals surface area contributed by atoms with Gasteiger partial charge in [0.05, 0.1) is 8.07 Å². The molecular weight excluding hydrogens is 244 g/mol. The van der Waals surface area contributed by atoms with Gasteiger partial charge in [-0.3, -0.25) is 0 Å². The van der Waals surface area contributed by atoms with Crippen molar-refractivity contribution < 1.29 is 0 Å². The molecule has 1 heteroatoms. The Morgan fingerprint density at radius 3 is 2.32 bits per heavy atom. The first kappa shape index (κ1) is 16.2. The van der Waals surface area contributed by atoms with Crippen molar-refractivity contribution in [3.63, 3.8) is 0 Å². The molecule has 0 fully saturated rings. The lowest BCUT2D eigenvalue weighted by molar-refractivity contribution is 0.623. The highest BCUT2D eigenvalue weighted by Gasteiger charge is 2.24. The summed E-state index contributed by atoms with van der Waals surface area (Å²) in [6.07, 6.45) is 10.4. The number of unbranched alkanes of at least 4 members (excludes halogenated alkanes) is 5. The SMILES string of the molecule is C=Cc1ccccc1[Si](C)(C)CCCCCCCC. The van der Waals surface area contributed by atoms with E-state index in [0.29, 0.717) is 0 Å². The first-order valence-electron chi connectivity index (χ1n) is 7.83. The highest BCUT2D eigenvalue weighted by molar-refractivity contribution is 6.90. The van der Waals surface area contributed by atoms with Gasteiger partial charge in [0.15, 0.2) is 0 Å². The Morgan fingerprint density at radius 2 is 1.63 bits per heavy atom. The molecule has 1 aromatic rings. The molecule has 0 saturated carbocycles. The molecule has 19 heavy (non-hydrogen) atoms. The summed E-state index contributed by atoms with van der Waals surface area (Å²) < 4.78 is 0. The van der Waals surface area contributed by atoms with Crippen LogP contribution in [-0.2, 0) is 0 Å².